The van der Waals surface area contributed by atoms with Crippen molar-refractivity contribution in [3.8, 4) is 11.3 Å². The second-order valence-electron chi connectivity index (χ2n) is 7.05. The summed E-state index contributed by atoms with van der Waals surface area (Å²) in [5, 5.41) is 17.7. The Bertz CT molecular complexity index is 761. The van der Waals surface area contributed by atoms with Crippen molar-refractivity contribution in [3.05, 3.63) is 35.9 Å². The van der Waals surface area contributed by atoms with Crippen LogP contribution in [-0.4, -0.2) is 33.3 Å². The lowest BCUT2D eigenvalue weighted by Crippen LogP contribution is -2.50. The van der Waals surface area contributed by atoms with E-state index in [1.807, 2.05) is 0 Å². The van der Waals surface area contributed by atoms with Crippen LogP contribution in [0.5, 0.6) is 0 Å². The summed E-state index contributed by atoms with van der Waals surface area (Å²) in [6.07, 6.45) is 8.03. The summed E-state index contributed by atoms with van der Waals surface area (Å²) >= 11 is 0. The van der Waals surface area contributed by atoms with Gasteiger partial charge in [-0.05, 0) is 51.2 Å². The van der Waals surface area contributed by atoms with E-state index < -0.39 is 5.60 Å². The first-order valence-corrected chi connectivity index (χ1v) is 8.42. The van der Waals surface area contributed by atoms with E-state index in [-0.39, 0.29) is 11.3 Å². The van der Waals surface area contributed by atoms with E-state index in [0.29, 0.717) is 23.6 Å². The molecule has 6 nitrogen and oxygen atoms in total. The summed E-state index contributed by atoms with van der Waals surface area (Å²) < 4.78 is 5.24. The average Bonchev–Trinajstić information content (AvgIpc) is 3.27. The first kappa shape index (κ1) is 15.3. The zero-order valence-electron chi connectivity index (χ0n) is 13.7. The molecule has 2 N–H and O–H groups in total. The Morgan fingerprint density at radius 1 is 1.29 bits per heavy atom. The maximum absolute atomic E-state index is 12.7. The number of carbonyl (C=O) groups excluding carboxylic acids is 1. The molecular formula is C18H21N3O3. The van der Waals surface area contributed by atoms with Gasteiger partial charge in [0.15, 0.2) is 0 Å². The van der Waals surface area contributed by atoms with Gasteiger partial charge >= 0.3 is 0 Å². The van der Waals surface area contributed by atoms with Crippen LogP contribution in [0.2, 0.25) is 0 Å². The third-order valence-electron chi connectivity index (χ3n) is 5.65. The quantitative estimate of drug-likeness (QED) is 0.881. The highest BCUT2D eigenvalue weighted by atomic mass is 16.5. The Balaban J connectivity index is 1.52. The van der Waals surface area contributed by atoms with E-state index in [9.17, 15) is 9.90 Å². The van der Waals surface area contributed by atoms with Gasteiger partial charge in [-0.15, -0.1) is 0 Å². The molecule has 1 amide bonds. The largest absolute Gasteiger partial charge is 0.389 e. The minimum absolute atomic E-state index is 0.136. The SMILES string of the molecule is Cc1onc(-c2ccncc2)c1C(=O)NCC1(C2(O)CCC2)CC1. The van der Waals surface area contributed by atoms with Crippen molar-refractivity contribution in [1.82, 2.24) is 15.5 Å². The van der Waals surface area contributed by atoms with Crippen LogP contribution in [0.25, 0.3) is 11.3 Å². The van der Waals surface area contributed by atoms with Gasteiger partial charge in [-0.1, -0.05) is 5.16 Å². The van der Waals surface area contributed by atoms with E-state index in [0.717, 1.165) is 37.7 Å². The minimum Gasteiger partial charge on any atom is -0.389 e. The fourth-order valence-corrected chi connectivity index (χ4v) is 3.68. The summed E-state index contributed by atoms with van der Waals surface area (Å²) in [6.45, 7) is 2.24. The zero-order chi connectivity index (χ0) is 16.8. The third-order valence-corrected chi connectivity index (χ3v) is 5.65. The van der Waals surface area contributed by atoms with Gasteiger partial charge in [-0.2, -0.15) is 0 Å². The Labute approximate surface area is 140 Å². The van der Waals surface area contributed by atoms with E-state index in [1.165, 1.54) is 0 Å². The molecule has 2 fully saturated rings. The minimum atomic E-state index is -0.585. The van der Waals surface area contributed by atoms with Gasteiger partial charge in [0, 0.05) is 29.9 Å². The van der Waals surface area contributed by atoms with Gasteiger partial charge < -0.3 is 14.9 Å². The fourth-order valence-electron chi connectivity index (χ4n) is 3.68. The molecule has 6 heteroatoms. The predicted octanol–water partition coefficient (Wildman–Crippen LogP) is 2.47. The average molecular weight is 327 g/mol. The summed E-state index contributed by atoms with van der Waals surface area (Å²) in [4.78, 5) is 16.7. The molecule has 24 heavy (non-hydrogen) atoms. The molecule has 4 rings (SSSR count). The second-order valence-corrected chi connectivity index (χ2v) is 7.05. The van der Waals surface area contributed by atoms with Gasteiger partial charge in [-0.25, -0.2) is 0 Å². The maximum atomic E-state index is 12.7. The maximum Gasteiger partial charge on any atom is 0.257 e. The molecule has 0 atom stereocenters. The van der Waals surface area contributed by atoms with Crippen LogP contribution in [-0.2, 0) is 0 Å². The van der Waals surface area contributed by atoms with Crippen LogP contribution in [0.4, 0.5) is 0 Å². The number of pyridine rings is 1. The molecule has 0 bridgehead atoms. The molecular weight excluding hydrogens is 306 g/mol. The molecule has 2 heterocycles. The normalized spacial score (nSPS) is 20.2. The van der Waals surface area contributed by atoms with E-state index in [4.69, 9.17) is 4.52 Å². The van der Waals surface area contributed by atoms with Crippen LogP contribution in [0.3, 0.4) is 0 Å². The first-order chi connectivity index (χ1) is 11.5. The molecule has 2 aliphatic rings. The Kier molecular flexibility index (Phi) is 3.46. The van der Waals surface area contributed by atoms with Crippen LogP contribution in [0.15, 0.2) is 29.0 Å². The van der Waals surface area contributed by atoms with Gasteiger partial charge in [-0.3, -0.25) is 9.78 Å². The van der Waals surface area contributed by atoms with Crippen LogP contribution in [0.1, 0.15) is 48.2 Å². The van der Waals surface area contributed by atoms with Gasteiger partial charge in [0.05, 0.1) is 5.60 Å². The lowest BCUT2D eigenvalue weighted by atomic mass is 9.69. The van der Waals surface area contributed by atoms with Crippen molar-refractivity contribution >= 4 is 5.91 Å². The lowest BCUT2D eigenvalue weighted by Gasteiger charge is -2.44. The zero-order valence-corrected chi connectivity index (χ0v) is 13.7. The predicted molar refractivity (Wildman–Crippen MR) is 87.3 cm³/mol. The smallest absolute Gasteiger partial charge is 0.257 e. The Hall–Kier alpha value is -2.21. The number of aryl methyl sites for hydroxylation is 1. The van der Waals surface area contributed by atoms with Gasteiger partial charge in [0.25, 0.3) is 5.91 Å². The molecule has 2 aromatic heterocycles. The Morgan fingerprint density at radius 2 is 2.00 bits per heavy atom. The summed E-state index contributed by atoms with van der Waals surface area (Å²) in [5.74, 6) is 0.293. The number of aromatic nitrogens is 2. The number of nitrogens with zero attached hydrogens (tertiary/aromatic N) is 2. The monoisotopic (exact) mass is 327 g/mol. The Morgan fingerprint density at radius 3 is 2.58 bits per heavy atom. The summed E-state index contributed by atoms with van der Waals surface area (Å²) in [7, 11) is 0. The molecule has 2 saturated carbocycles. The number of amides is 1. The molecule has 0 spiro atoms. The molecule has 0 aromatic carbocycles. The summed E-state index contributed by atoms with van der Waals surface area (Å²) in [6, 6.07) is 3.60. The molecule has 2 aliphatic carbocycles. The molecule has 2 aromatic rings. The third kappa shape index (κ3) is 2.33. The van der Waals surface area contributed by atoms with Crippen molar-refractivity contribution in [3.63, 3.8) is 0 Å². The van der Waals surface area contributed by atoms with E-state index in [1.54, 1.807) is 31.5 Å². The standard InChI is InChI=1S/C18H21N3O3/c1-12-14(15(21-24-12)13-3-9-19-10-4-13)16(22)20-11-17(7-8-17)18(23)5-2-6-18/h3-4,9-10,23H,2,5-8,11H2,1H3,(H,20,22). The van der Waals surface area contributed by atoms with Gasteiger partial charge in [0.1, 0.15) is 17.0 Å². The summed E-state index contributed by atoms with van der Waals surface area (Å²) in [5.41, 5.74) is 1.06. The van der Waals surface area contributed by atoms with E-state index in [2.05, 4.69) is 15.5 Å². The number of aliphatic hydroxyl groups is 1. The number of hydrogen-bond acceptors (Lipinski definition) is 5. The highest BCUT2D eigenvalue weighted by molar-refractivity contribution is 6.00. The molecule has 0 aliphatic heterocycles. The van der Waals surface area contributed by atoms with Crippen molar-refractivity contribution in [2.45, 2.75) is 44.6 Å². The number of rotatable bonds is 5. The number of carbonyl (C=O) groups is 1. The number of hydrogen-bond donors (Lipinski definition) is 2. The fraction of sp³-hybridized carbons (Fsp3) is 0.500. The molecule has 0 saturated heterocycles. The number of nitrogens with one attached hydrogen (secondary N) is 1. The highest BCUT2D eigenvalue weighted by Gasteiger charge is 2.60. The van der Waals surface area contributed by atoms with Crippen molar-refractivity contribution in [2.24, 2.45) is 5.41 Å². The molecule has 126 valence electrons. The van der Waals surface area contributed by atoms with Crippen LogP contribution < -0.4 is 5.32 Å². The van der Waals surface area contributed by atoms with Crippen molar-refractivity contribution in [2.75, 3.05) is 6.54 Å². The van der Waals surface area contributed by atoms with Crippen molar-refractivity contribution in [1.29, 1.82) is 0 Å². The molecule has 0 radical (unpaired) electrons. The second kappa shape index (κ2) is 5.41. The highest BCUT2D eigenvalue weighted by Crippen LogP contribution is 2.60. The first-order valence-electron chi connectivity index (χ1n) is 8.42. The topological polar surface area (TPSA) is 88.2 Å². The lowest BCUT2D eigenvalue weighted by molar-refractivity contribution is -0.0947. The van der Waals surface area contributed by atoms with Crippen molar-refractivity contribution < 1.29 is 14.4 Å². The molecule has 0 unspecified atom stereocenters. The van der Waals surface area contributed by atoms with Crippen LogP contribution in [0, 0.1) is 12.3 Å². The van der Waals surface area contributed by atoms with E-state index >= 15 is 0 Å². The van der Waals surface area contributed by atoms with Gasteiger partial charge in [0.2, 0.25) is 0 Å². The van der Waals surface area contributed by atoms with Crippen LogP contribution >= 0.6 is 0 Å².